The maximum Gasteiger partial charge on any atom is 0.404 e. The number of carbonyl (C=O) groups is 1. The van der Waals surface area contributed by atoms with Crippen molar-refractivity contribution in [3.05, 3.63) is 41.0 Å². The molecule has 0 bridgehead atoms. The summed E-state index contributed by atoms with van der Waals surface area (Å²) in [4.78, 5) is 24.4. The van der Waals surface area contributed by atoms with Gasteiger partial charge >= 0.3 is 12.7 Å². The lowest BCUT2D eigenvalue weighted by Gasteiger charge is -2.29. The maximum atomic E-state index is 12.6. The largest absolute Gasteiger partial charge is 0.490 e. The Morgan fingerprint density at radius 2 is 1.92 bits per heavy atom. The highest BCUT2D eigenvalue weighted by Gasteiger charge is 2.29. The van der Waals surface area contributed by atoms with Crippen molar-refractivity contribution in [2.75, 3.05) is 6.61 Å². The van der Waals surface area contributed by atoms with Gasteiger partial charge in [-0.2, -0.15) is 8.78 Å². The molecule has 0 saturated carbocycles. The zero-order valence-corrected chi connectivity index (χ0v) is 21.4. The number of thiazole rings is 1. The normalized spacial score (nSPS) is 12.8. The molecule has 36 heavy (non-hydrogen) atoms. The monoisotopic (exact) mass is 536 g/mol. The molecule has 190 valence electrons. The Labute approximate surface area is 214 Å². The van der Waals surface area contributed by atoms with E-state index >= 15 is 0 Å². The minimum absolute atomic E-state index is 0.0844. The van der Waals surface area contributed by atoms with Crippen molar-refractivity contribution < 1.29 is 27.8 Å². The van der Waals surface area contributed by atoms with E-state index < -0.39 is 24.2 Å². The molecule has 12 heteroatoms. The van der Waals surface area contributed by atoms with Gasteiger partial charge in [0.05, 0.1) is 27.0 Å². The van der Waals surface area contributed by atoms with Crippen molar-refractivity contribution in [2.45, 2.75) is 40.4 Å². The summed E-state index contributed by atoms with van der Waals surface area (Å²) in [5.74, 6) is 0.213. The molecule has 8 nitrogen and oxygen atoms in total. The van der Waals surface area contributed by atoms with E-state index in [-0.39, 0.29) is 12.5 Å². The van der Waals surface area contributed by atoms with Gasteiger partial charge in [0.25, 0.3) is 0 Å². The number of carbonyl (C=O) groups excluding carboxylic acids is 1. The van der Waals surface area contributed by atoms with Crippen LogP contribution in [0.15, 0.2) is 30.5 Å². The van der Waals surface area contributed by atoms with Crippen LogP contribution in [0.25, 0.3) is 31.8 Å². The number of nitrogens with zero attached hydrogens (tertiary/aromatic N) is 3. The first-order valence-corrected chi connectivity index (χ1v) is 12.0. The number of aromatic nitrogens is 3. The van der Waals surface area contributed by atoms with Gasteiger partial charge in [-0.25, -0.2) is 19.7 Å². The van der Waals surface area contributed by atoms with E-state index in [1.165, 1.54) is 11.3 Å². The molecule has 4 aromatic rings. The number of alkyl halides is 2. The zero-order chi connectivity index (χ0) is 26.2. The zero-order valence-electron chi connectivity index (χ0n) is 19.8. The summed E-state index contributed by atoms with van der Waals surface area (Å²) < 4.78 is 41.4. The highest BCUT2D eigenvalue weighted by Crippen LogP contribution is 2.39. The van der Waals surface area contributed by atoms with E-state index in [0.717, 1.165) is 16.5 Å². The smallest absolute Gasteiger partial charge is 0.404 e. The number of fused-ring (bicyclic) bond motifs is 2. The molecule has 0 radical (unpaired) electrons. The van der Waals surface area contributed by atoms with E-state index in [4.69, 9.17) is 26.8 Å². The topological polar surface area (TPSA) is 109 Å². The molecule has 0 aliphatic rings. The third-order valence-electron chi connectivity index (χ3n) is 5.26. The minimum atomic E-state index is -3.00. The van der Waals surface area contributed by atoms with Crippen molar-refractivity contribution in [2.24, 2.45) is 11.1 Å². The second-order valence-electron chi connectivity index (χ2n) is 9.14. The average Bonchev–Trinajstić information content (AvgIpc) is 3.19. The van der Waals surface area contributed by atoms with Crippen LogP contribution in [0, 0.1) is 12.3 Å². The molecule has 2 N–H and O–H groups in total. The lowest BCUT2D eigenvalue weighted by molar-refractivity contribution is -0.0528. The van der Waals surface area contributed by atoms with Gasteiger partial charge in [-0.15, -0.1) is 11.3 Å². The highest BCUT2D eigenvalue weighted by molar-refractivity contribution is 7.21. The van der Waals surface area contributed by atoms with E-state index in [9.17, 15) is 13.6 Å². The van der Waals surface area contributed by atoms with Gasteiger partial charge in [0.1, 0.15) is 29.0 Å². The molecule has 0 fully saturated rings. The molecule has 0 aliphatic carbocycles. The number of hydrogen-bond donors (Lipinski definition) is 1. The van der Waals surface area contributed by atoms with Gasteiger partial charge in [-0.1, -0.05) is 32.4 Å². The van der Waals surface area contributed by atoms with E-state index in [0.29, 0.717) is 37.9 Å². The fourth-order valence-corrected chi connectivity index (χ4v) is 4.84. The van der Waals surface area contributed by atoms with E-state index in [1.807, 2.05) is 33.8 Å². The van der Waals surface area contributed by atoms with Crippen LogP contribution in [0.1, 0.15) is 26.3 Å². The van der Waals surface area contributed by atoms with Crippen molar-refractivity contribution in [1.29, 1.82) is 0 Å². The second kappa shape index (κ2) is 9.98. The van der Waals surface area contributed by atoms with Gasteiger partial charge in [0, 0.05) is 17.0 Å². The molecule has 2 heterocycles. The van der Waals surface area contributed by atoms with Crippen molar-refractivity contribution in [3.63, 3.8) is 0 Å². The first-order chi connectivity index (χ1) is 16.9. The third-order valence-corrected chi connectivity index (χ3v) is 6.58. The lowest BCUT2D eigenvalue weighted by Crippen LogP contribution is -2.38. The minimum Gasteiger partial charge on any atom is -0.490 e. The Hall–Kier alpha value is -3.31. The van der Waals surface area contributed by atoms with Crippen LogP contribution >= 0.6 is 22.9 Å². The highest BCUT2D eigenvalue weighted by atomic mass is 35.5. The number of aryl methyl sites for hydroxylation is 1. The predicted molar refractivity (Wildman–Crippen MR) is 134 cm³/mol. The van der Waals surface area contributed by atoms with Crippen molar-refractivity contribution in [1.82, 2.24) is 15.0 Å². The molecule has 4 rings (SSSR count). The summed E-state index contributed by atoms with van der Waals surface area (Å²) >= 11 is 7.88. The molecule has 1 unspecified atom stereocenters. The van der Waals surface area contributed by atoms with Crippen LogP contribution in [-0.4, -0.2) is 40.4 Å². The molecule has 2 aromatic heterocycles. The first kappa shape index (κ1) is 25.8. The number of ether oxygens (including phenoxy) is 3. The van der Waals surface area contributed by atoms with E-state index in [2.05, 4.69) is 19.7 Å². The Balaban J connectivity index is 1.68. The number of amides is 1. The fourth-order valence-electron chi connectivity index (χ4n) is 3.50. The molecular formula is C24H23ClF2N4O4S. The van der Waals surface area contributed by atoms with Gasteiger partial charge in [-0.05, 0) is 30.7 Å². The maximum absolute atomic E-state index is 12.6. The Morgan fingerprint density at radius 3 is 2.58 bits per heavy atom. The molecule has 0 spiro atoms. The first-order valence-electron chi connectivity index (χ1n) is 10.8. The quantitative estimate of drug-likeness (QED) is 0.292. The number of halogens is 3. The van der Waals surface area contributed by atoms with Gasteiger partial charge in [0.15, 0.2) is 0 Å². The van der Waals surface area contributed by atoms with Gasteiger partial charge in [-0.3, -0.25) is 0 Å². The van der Waals surface area contributed by atoms with Crippen LogP contribution in [-0.2, 0) is 4.74 Å². The molecule has 1 atom stereocenters. The fraction of sp³-hybridized carbons (Fsp3) is 0.333. The summed E-state index contributed by atoms with van der Waals surface area (Å²) in [6.45, 7) is 4.68. The standard InChI is InChI=1S/C24H23ClF2N4O4S/c1-11-5-13(19-15(6-11)30-18(9-29-19)35-22(26)27)21-31-20-14(25)7-12(8-16(20)36-21)33-10-17(24(2,3)4)34-23(28)32/h5-9,17,22H,10H2,1-4H3,(H2,28,32). The Morgan fingerprint density at radius 1 is 1.17 bits per heavy atom. The number of rotatable bonds is 7. The number of primary amides is 1. The van der Waals surface area contributed by atoms with Gasteiger partial charge in [0.2, 0.25) is 5.88 Å². The van der Waals surface area contributed by atoms with Crippen LogP contribution in [0.4, 0.5) is 13.6 Å². The Bertz CT molecular complexity index is 1440. The molecule has 0 aliphatic heterocycles. The van der Waals surface area contributed by atoms with Crippen LogP contribution < -0.4 is 15.2 Å². The number of nitrogens with two attached hydrogens (primary N) is 1. The summed E-state index contributed by atoms with van der Waals surface area (Å²) in [6, 6.07) is 7.06. The van der Waals surface area contributed by atoms with Crippen LogP contribution in [0.5, 0.6) is 11.6 Å². The SMILES string of the molecule is Cc1cc(-c2nc3c(Cl)cc(OCC(OC(N)=O)C(C)(C)C)cc3s2)c2ncc(OC(F)F)nc2c1. The predicted octanol–water partition coefficient (Wildman–Crippen LogP) is 6.36. The van der Waals surface area contributed by atoms with Crippen molar-refractivity contribution >= 4 is 50.3 Å². The lowest BCUT2D eigenvalue weighted by atomic mass is 9.89. The second-order valence-corrected chi connectivity index (χ2v) is 10.6. The molecule has 2 aromatic carbocycles. The molecular weight excluding hydrogens is 514 g/mol. The average molecular weight is 537 g/mol. The van der Waals surface area contributed by atoms with Crippen LogP contribution in [0.2, 0.25) is 5.02 Å². The summed E-state index contributed by atoms with van der Waals surface area (Å²) in [7, 11) is 0. The Kier molecular flexibility index (Phi) is 7.14. The summed E-state index contributed by atoms with van der Waals surface area (Å²) in [6.07, 6.45) is -0.294. The number of benzene rings is 2. The summed E-state index contributed by atoms with van der Waals surface area (Å²) in [5.41, 5.74) is 7.80. The molecule has 1 amide bonds. The van der Waals surface area contributed by atoms with E-state index in [1.54, 1.807) is 18.2 Å². The summed E-state index contributed by atoms with van der Waals surface area (Å²) in [5, 5.41) is 1.00. The third kappa shape index (κ3) is 5.73. The molecule has 0 saturated heterocycles. The van der Waals surface area contributed by atoms with Crippen molar-refractivity contribution in [3.8, 4) is 22.2 Å². The number of hydrogen-bond acceptors (Lipinski definition) is 8. The van der Waals surface area contributed by atoms with Gasteiger partial charge < -0.3 is 19.9 Å². The van der Waals surface area contributed by atoms with Crippen LogP contribution in [0.3, 0.4) is 0 Å².